The Morgan fingerprint density at radius 1 is 1.06 bits per heavy atom. The van der Waals surface area contributed by atoms with E-state index in [0.29, 0.717) is 30.2 Å². The van der Waals surface area contributed by atoms with E-state index >= 15 is 0 Å². The molecule has 1 N–H and O–H groups in total. The standard InChI is InChI=1S/C25H29N7O/c1-4-5-8-19-15-32(23-16(2)17(23)3)25(33)31(19)14-18-11-12-22(26-13-18)20-9-6-7-10-21(20)24-27-29-30-28-24/h6-7,9-13,15-17,23H,4-5,8,14H2,1-3H3,(H,27,28,29,30). The van der Waals surface area contributed by atoms with Crippen LogP contribution in [-0.2, 0) is 13.0 Å². The summed E-state index contributed by atoms with van der Waals surface area (Å²) in [6.07, 6.45) is 7.04. The van der Waals surface area contributed by atoms with E-state index < -0.39 is 0 Å². The summed E-state index contributed by atoms with van der Waals surface area (Å²) >= 11 is 0. The summed E-state index contributed by atoms with van der Waals surface area (Å²) in [5.74, 6) is 1.64. The van der Waals surface area contributed by atoms with Crippen LogP contribution in [-0.4, -0.2) is 34.7 Å². The van der Waals surface area contributed by atoms with E-state index in [9.17, 15) is 4.79 Å². The maximum atomic E-state index is 13.3. The molecule has 1 aromatic carbocycles. The van der Waals surface area contributed by atoms with Crippen LogP contribution in [0.1, 0.15) is 50.9 Å². The molecule has 0 aliphatic heterocycles. The quantitative estimate of drug-likeness (QED) is 0.442. The zero-order valence-electron chi connectivity index (χ0n) is 19.3. The predicted octanol–water partition coefficient (Wildman–Crippen LogP) is 4.11. The fourth-order valence-electron chi connectivity index (χ4n) is 4.67. The van der Waals surface area contributed by atoms with E-state index in [-0.39, 0.29) is 5.69 Å². The van der Waals surface area contributed by atoms with Crippen LogP contribution in [0, 0.1) is 11.8 Å². The number of imidazole rings is 1. The SMILES string of the molecule is CCCCc1cn(C2C(C)C2C)c(=O)n1Cc1ccc(-c2ccccc2-c2nn[nH]n2)nc1. The Bertz CT molecular complexity index is 1280. The number of aryl methyl sites for hydroxylation is 1. The van der Waals surface area contributed by atoms with Crippen LogP contribution in [0.3, 0.4) is 0 Å². The molecule has 2 unspecified atom stereocenters. The highest BCUT2D eigenvalue weighted by molar-refractivity contribution is 5.78. The number of nitrogens with zero attached hydrogens (tertiary/aromatic N) is 6. The fraction of sp³-hybridized carbons (Fsp3) is 0.400. The highest BCUT2D eigenvalue weighted by Crippen LogP contribution is 2.49. The largest absolute Gasteiger partial charge is 0.328 e. The van der Waals surface area contributed by atoms with Crippen LogP contribution in [0.4, 0.5) is 0 Å². The summed E-state index contributed by atoms with van der Waals surface area (Å²) in [7, 11) is 0. The molecular formula is C25H29N7O. The van der Waals surface area contributed by atoms with Crippen molar-refractivity contribution in [3.8, 4) is 22.6 Å². The Labute approximate surface area is 192 Å². The lowest BCUT2D eigenvalue weighted by atomic mass is 10.0. The van der Waals surface area contributed by atoms with E-state index in [0.717, 1.165) is 47.3 Å². The number of benzene rings is 1. The molecule has 1 aliphatic carbocycles. The molecule has 1 aliphatic rings. The van der Waals surface area contributed by atoms with Crippen LogP contribution >= 0.6 is 0 Å². The second-order valence-electron chi connectivity index (χ2n) is 9.04. The molecule has 0 spiro atoms. The Morgan fingerprint density at radius 2 is 1.85 bits per heavy atom. The molecule has 8 nitrogen and oxygen atoms in total. The average Bonchev–Trinajstić information content (AvgIpc) is 3.21. The number of pyridine rings is 1. The molecular weight excluding hydrogens is 414 g/mol. The van der Waals surface area contributed by atoms with Crippen LogP contribution in [0.5, 0.6) is 0 Å². The minimum absolute atomic E-state index is 0.0915. The van der Waals surface area contributed by atoms with Gasteiger partial charge < -0.3 is 0 Å². The molecule has 8 heteroatoms. The minimum Gasteiger partial charge on any atom is -0.295 e. The van der Waals surface area contributed by atoms with Crippen molar-refractivity contribution in [2.24, 2.45) is 11.8 Å². The number of nitrogens with one attached hydrogen (secondary N) is 1. The number of aromatic amines is 1. The first kappa shape index (κ1) is 21.3. The van der Waals surface area contributed by atoms with Crippen molar-refractivity contribution in [1.82, 2.24) is 34.7 Å². The molecule has 3 aromatic heterocycles. The van der Waals surface area contributed by atoms with Gasteiger partial charge in [-0.3, -0.25) is 14.1 Å². The first-order valence-corrected chi connectivity index (χ1v) is 11.7. The zero-order valence-corrected chi connectivity index (χ0v) is 19.3. The molecule has 4 aromatic rings. The molecule has 2 atom stereocenters. The van der Waals surface area contributed by atoms with Crippen molar-refractivity contribution in [3.05, 3.63) is 70.5 Å². The monoisotopic (exact) mass is 443 g/mol. The van der Waals surface area contributed by atoms with Crippen LogP contribution in [0.15, 0.2) is 53.6 Å². The van der Waals surface area contributed by atoms with Crippen LogP contribution in [0.2, 0.25) is 0 Å². The smallest absolute Gasteiger partial charge is 0.295 e. The number of hydrogen-bond acceptors (Lipinski definition) is 5. The van der Waals surface area contributed by atoms with Crippen molar-refractivity contribution in [1.29, 1.82) is 0 Å². The normalized spacial score (nSPS) is 19.7. The van der Waals surface area contributed by atoms with Crippen LogP contribution in [0.25, 0.3) is 22.6 Å². The van der Waals surface area contributed by atoms with Gasteiger partial charge in [-0.1, -0.05) is 57.5 Å². The maximum Gasteiger partial charge on any atom is 0.328 e. The Balaban J connectivity index is 1.43. The van der Waals surface area contributed by atoms with Crippen molar-refractivity contribution in [2.45, 2.75) is 52.6 Å². The molecule has 0 saturated heterocycles. The summed E-state index contributed by atoms with van der Waals surface area (Å²) < 4.78 is 3.89. The lowest BCUT2D eigenvalue weighted by Gasteiger charge is -2.09. The number of H-pyrrole nitrogens is 1. The molecule has 1 saturated carbocycles. The summed E-state index contributed by atoms with van der Waals surface area (Å²) in [5, 5.41) is 14.4. The average molecular weight is 444 g/mol. The van der Waals surface area contributed by atoms with Gasteiger partial charge in [-0.05, 0) is 41.5 Å². The van der Waals surface area contributed by atoms with E-state index in [1.807, 2.05) is 51.7 Å². The fourth-order valence-corrected chi connectivity index (χ4v) is 4.67. The van der Waals surface area contributed by atoms with Crippen molar-refractivity contribution in [2.75, 3.05) is 0 Å². The van der Waals surface area contributed by atoms with Crippen molar-refractivity contribution in [3.63, 3.8) is 0 Å². The molecule has 0 amide bonds. The van der Waals surface area contributed by atoms with Gasteiger partial charge in [0, 0.05) is 35.3 Å². The van der Waals surface area contributed by atoms with Crippen LogP contribution < -0.4 is 5.69 Å². The van der Waals surface area contributed by atoms with Gasteiger partial charge in [0.15, 0.2) is 0 Å². The molecule has 3 heterocycles. The lowest BCUT2D eigenvalue weighted by molar-refractivity contribution is 0.608. The van der Waals surface area contributed by atoms with E-state index in [4.69, 9.17) is 4.98 Å². The number of rotatable bonds is 8. The van der Waals surface area contributed by atoms with Gasteiger partial charge in [0.2, 0.25) is 5.82 Å². The van der Waals surface area contributed by atoms with Gasteiger partial charge in [0.05, 0.1) is 12.2 Å². The third kappa shape index (κ3) is 4.01. The molecule has 1 fully saturated rings. The van der Waals surface area contributed by atoms with E-state index in [2.05, 4.69) is 47.6 Å². The molecule has 5 rings (SSSR count). The summed E-state index contributed by atoms with van der Waals surface area (Å²) in [5.41, 5.74) is 4.85. The van der Waals surface area contributed by atoms with Gasteiger partial charge in [-0.2, -0.15) is 5.21 Å². The highest BCUT2D eigenvalue weighted by Gasteiger charge is 2.45. The Hall–Kier alpha value is -3.55. The van der Waals surface area contributed by atoms with Gasteiger partial charge >= 0.3 is 5.69 Å². The Morgan fingerprint density at radius 3 is 2.48 bits per heavy atom. The first-order chi connectivity index (χ1) is 16.1. The minimum atomic E-state index is 0.0915. The van der Waals surface area contributed by atoms with E-state index in [1.54, 1.807) is 0 Å². The third-order valence-corrected chi connectivity index (χ3v) is 6.91. The zero-order chi connectivity index (χ0) is 22.9. The number of unbranched alkanes of at least 4 members (excludes halogenated alkanes) is 1. The second kappa shape index (κ2) is 8.77. The highest BCUT2D eigenvalue weighted by atomic mass is 16.1. The molecule has 0 bridgehead atoms. The van der Waals surface area contributed by atoms with Gasteiger partial charge in [-0.15, -0.1) is 10.2 Å². The summed E-state index contributed by atoms with van der Waals surface area (Å²) in [6.45, 7) is 7.15. The van der Waals surface area contributed by atoms with Crippen molar-refractivity contribution >= 4 is 0 Å². The summed E-state index contributed by atoms with van der Waals surface area (Å²) in [4.78, 5) is 18.0. The van der Waals surface area contributed by atoms with Crippen molar-refractivity contribution < 1.29 is 0 Å². The topological polar surface area (TPSA) is 94.3 Å². The maximum absolute atomic E-state index is 13.3. The Kier molecular flexibility index (Phi) is 5.66. The molecule has 170 valence electrons. The molecule has 33 heavy (non-hydrogen) atoms. The summed E-state index contributed by atoms with van der Waals surface area (Å²) in [6, 6.07) is 12.2. The van der Waals surface area contributed by atoms with Gasteiger partial charge in [0.25, 0.3) is 0 Å². The number of aromatic nitrogens is 7. The lowest BCUT2D eigenvalue weighted by Crippen LogP contribution is -2.25. The molecule has 0 radical (unpaired) electrons. The van der Waals surface area contributed by atoms with E-state index in [1.165, 1.54) is 0 Å². The first-order valence-electron chi connectivity index (χ1n) is 11.7. The number of hydrogen-bond donors (Lipinski definition) is 1. The van der Waals surface area contributed by atoms with Gasteiger partial charge in [-0.25, -0.2) is 4.79 Å². The van der Waals surface area contributed by atoms with Gasteiger partial charge in [0.1, 0.15) is 0 Å². The number of tetrazole rings is 1. The third-order valence-electron chi connectivity index (χ3n) is 6.91. The predicted molar refractivity (Wildman–Crippen MR) is 127 cm³/mol. The second-order valence-corrected chi connectivity index (χ2v) is 9.04.